The smallest absolute Gasteiger partial charge is 0.243 e. The molecule has 1 aromatic heterocycles. The zero-order valence-corrected chi connectivity index (χ0v) is 12.7. The Labute approximate surface area is 121 Å². The first-order chi connectivity index (χ1) is 9.00. The van der Waals surface area contributed by atoms with Crippen molar-refractivity contribution in [2.24, 2.45) is 0 Å². The van der Waals surface area contributed by atoms with Crippen LogP contribution < -0.4 is 0 Å². The minimum absolute atomic E-state index is 0.284. The summed E-state index contributed by atoms with van der Waals surface area (Å²) in [6.45, 7) is 0.320. The van der Waals surface area contributed by atoms with Gasteiger partial charge in [0.25, 0.3) is 0 Å². The van der Waals surface area contributed by atoms with Crippen molar-refractivity contribution in [3.8, 4) is 0 Å². The molecule has 0 aliphatic heterocycles. The number of benzene rings is 1. The molecule has 0 bridgehead atoms. The highest BCUT2D eigenvalue weighted by atomic mass is 79.9. The summed E-state index contributed by atoms with van der Waals surface area (Å²) in [5, 5.41) is 0. The standard InChI is InChI=1S/C13H13BrN2O2S/c1-16(10-11-6-8-15-9-7-11)19(17,18)13-4-2-12(14)3-5-13/h2-9H,10H2,1H3. The molecule has 4 nitrogen and oxygen atoms in total. The van der Waals surface area contributed by atoms with Crippen LogP contribution in [0.25, 0.3) is 0 Å². The van der Waals surface area contributed by atoms with Crippen LogP contribution in [0.5, 0.6) is 0 Å². The van der Waals surface area contributed by atoms with Crippen LogP contribution in [0.1, 0.15) is 5.56 Å². The first-order valence-electron chi connectivity index (χ1n) is 5.61. The van der Waals surface area contributed by atoms with E-state index in [0.29, 0.717) is 6.54 Å². The fourth-order valence-electron chi connectivity index (χ4n) is 1.62. The van der Waals surface area contributed by atoms with E-state index in [-0.39, 0.29) is 4.90 Å². The van der Waals surface area contributed by atoms with Gasteiger partial charge in [-0.1, -0.05) is 15.9 Å². The van der Waals surface area contributed by atoms with Gasteiger partial charge < -0.3 is 0 Å². The Hall–Kier alpha value is -1.24. The molecule has 0 aliphatic carbocycles. The third-order valence-electron chi connectivity index (χ3n) is 2.68. The molecular weight excluding hydrogens is 328 g/mol. The van der Waals surface area contributed by atoms with Crippen LogP contribution >= 0.6 is 15.9 Å². The molecule has 0 spiro atoms. The van der Waals surface area contributed by atoms with E-state index in [9.17, 15) is 8.42 Å². The van der Waals surface area contributed by atoms with E-state index >= 15 is 0 Å². The van der Waals surface area contributed by atoms with E-state index in [2.05, 4.69) is 20.9 Å². The monoisotopic (exact) mass is 340 g/mol. The predicted molar refractivity (Wildman–Crippen MR) is 77.0 cm³/mol. The summed E-state index contributed by atoms with van der Waals surface area (Å²) in [5.41, 5.74) is 0.901. The molecule has 0 saturated carbocycles. The second-order valence-electron chi connectivity index (χ2n) is 4.07. The molecule has 0 amide bonds. The summed E-state index contributed by atoms with van der Waals surface area (Å²) in [5.74, 6) is 0. The molecule has 19 heavy (non-hydrogen) atoms. The normalized spacial score (nSPS) is 11.7. The topological polar surface area (TPSA) is 50.3 Å². The largest absolute Gasteiger partial charge is 0.265 e. The van der Waals surface area contributed by atoms with Crippen LogP contribution in [-0.2, 0) is 16.6 Å². The molecule has 0 N–H and O–H groups in total. The molecule has 0 radical (unpaired) electrons. The molecule has 0 saturated heterocycles. The molecule has 0 unspecified atom stereocenters. The maximum absolute atomic E-state index is 12.3. The van der Waals surface area contributed by atoms with E-state index < -0.39 is 10.0 Å². The van der Waals surface area contributed by atoms with Crippen LogP contribution in [0.2, 0.25) is 0 Å². The molecule has 2 aromatic rings. The van der Waals surface area contributed by atoms with Crippen molar-refractivity contribution >= 4 is 26.0 Å². The maximum Gasteiger partial charge on any atom is 0.243 e. The number of aromatic nitrogens is 1. The van der Waals surface area contributed by atoms with E-state index in [1.807, 2.05) is 0 Å². The van der Waals surface area contributed by atoms with Crippen molar-refractivity contribution in [3.05, 3.63) is 58.8 Å². The number of nitrogens with zero attached hydrogens (tertiary/aromatic N) is 2. The van der Waals surface area contributed by atoms with Crippen molar-refractivity contribution in [1.29, 1.82) is 0 Å². The molecule has 0 aliphatic rings. The van der Waals surface area contributed by atoms with E-state index in [4.69, 9.17) is 0 Å². The van der Waals surface area contributed by atoms with E-state index in [0.717, 1.165) is 10.0 Å². The van der Waals surface area contributed by atoms with Crippen LogP contribution in [-0.4, -0.2) is 24.8 Å². The first-order valence-corrected chi connectivity index (χ1v) is 7.84. The first kappa shape index (κ1) is 14.2. The summed E-state index contributed by atoms with van der Waals surface area (Å²) in [4.78, 5) is 4.19. The van der Waals surface area contributed by atoms with Crippen LogP contribution in [0.4, 0.5) is 0 Å². The lowest BCUT2D eigenvalue weighted by atomic mass is 10.3. The van der Waals surface area contributed by atoms with Crippen molar-refractivity contribution in [2.45, 2.75) is 11.4 Å². The molecular formula is C13H13BrN2O2S. The van der Waals surface area contributed by atoms with Crippen molar-refractivity contribution in [2.75, 3.05) is 7.05 Å². The van der Waals surface area contributed by atoms with Gasteiger partial charge in [-0.05, 0) is 42.0 Å². The van der Waals surface area contributed by atoms with Gasteiger partial charge in [0.05, 0.1) is 4.90 Å². The van der Waals surface area contributed by atoms with Crippen molar-refractivity contribution < 1.29 is 8.42 Å². The number of pyridine rings is 1. The van der Waals surface area contributed by atoms with Gasteiger partial charge in [0.15, 0.2) is 0 Å². The highest BCUT2D eigenvalue weighted by Crippen LogP contribution is 2.19. The SMILES string of the molecule is CN(Cc1ccncc1)S(=O)(=O)c1ccc(Br)cc1. The molecule has 0 fully saturated rings. The molecule has 2 rings (SSSR count). The Bertz CT molecular complexity index is 642. The Kier molecular flexibility index (Phi) is 4.34. The lowest BCUT2D eigenvalue weighted by Crippen LogP contribution is -2.26. The molecule has 6 heteroatoms. The second kappa shape index (κ2) is 5.81. The average Bonchev–Trinajstić information content (AvgIpc) is 2.40. The Morgan fingerprint density at radius 1 is 1.11 bits per heavy atom. The van der Waals surface area contributed by atoms with Gasteiger partial charge in [0.1, 0.15) is 0 Å². The van der Waals surface area contributed by atoms with Crippen molar-refractivity contribution in [3.63, 3.8) is 0 Å². The van der Waals surface area contributed by atoms with Crippen LogP contribution in [0.15, 0.2) is 58.2 Å². The summed E-state index contributed by atoms with van der Waals surface area (Å²) >= 11 is 3.29. The quantitative estimate of drug-likeness (QED) is 0.859. The number of rotatable bonds is 4. The number of sulfonamides is 1. The minimum atomic E-state index is -3.46. The molecule has 0 atom stereocenters. The van der Waals surface area contributed by atoms with Gasteiger partial charge >= 0.3 is 0 Å². The Morgan fingerprint density at radius 3 is 2.26 bits per heavy atom. The summed E-state index contributed by atoms with van der Waals surface area (Å²) in [6.07, 6.45) is 3.30. The fraction of sp³-hybridized carbons (Fsp3) is 0.154. The number of halogens is 1. The zero-order chi connectivity index (χ0) is 13.9. The van der Waals surface area contributed by atoms with E-state index in [1.54, 1.807) is 55.8 Å². The highest BCUT2D eigenvalue weighted by molar-refractivity contribution is 9.10. The summed E-state index contributed by atoms with van der Waals surface area (Å²) in [6, 6.07) is 10.2. The van der Waals surface area contributed by atoms with Gasteiger partial charge in [0.2, 0.25) is 10.0 Å². The third-order valence-corrected chi connectivity index (χ3v) is 5.02. The number of hydrogen-bond donors (Lipinski definition) is 0. The van der Waals surface area contributed by atoms with Crippen molar-refractivity contribution in [1.82, 2.24) is 9.29 Å². The van der Waals surface area contributed by atoms with Gasteiger partial charge in [-0.2, -0.15) is 4.31 Å². The molecule has 1 aromatic carbocycles. The van der Waals surface area contributed by atoms with Crippen LogP contribution in [0.3, 0.4) is 0 Å². The second-order valence-corrected chi connectivity index (χ2v) is 7.03. The number of hydrogen-bond acceptors (Lipinski definition) is 3. The lowest BCUT2D eigenvalue weighted by Gasteiger charge is -2.17. The molecule has 100 valence electrons. The van der Waals surface area contributed by atoms with Gasteiger partial charge in [-0.25, -0.2) is 8.42 Å². The fourth-order valence-corrected chi connectivity index (χ4v) is 3.04. The zero-order valence-electron chi connectivity index (χ0n) is 10.3. The van der Waals surface area contributed by atoms with Gasteiger partial charge in [-0.3, -0.25) is 4.98 Å². The maximum atomic E-state index is 12.3. The van der Waals surface area contributed by atoms with Crippen LogP contribution in [0, 0.1) is 0 Å². The average molecular weight is 341 g/mol. The third kappa shape index (κ3) is 3.40. The van der Waals surface area contributed by atoms with Gasteiger partial charge in [-0.15, -0.1) is 0 Å². The predicted octanol–water partition coefficient (Wildman–Crippen LogP) is 2.66. The lowest BCUT2D eigenvalue weighted by molar-refractivity contribution is 0.466. The van der Waals surface area contributed by atoms with Gasteiger partial charge in [0, 0.05) is 30.5 Å². The highest BCUT2D eigenvalue weighted by Gasteiger charge is 2.20. The Morgan fingerprint density at radius 2 is 1.68 bits per heavy atom. The molecule has 1 heterocycles. The Balaban J connectivity index is 2.22. The van der Waals surface area contributed by atoms with E-state index in [1.165, 1.54) is 4.31 Å². The minimum Gasteiger partial charge on any atom is -0.265 e. The summed E-state index contributed by atoms with van der Waals surface area (Å²) < 4.78 is 26.9. The summed E-state index contributed by atoms with van der Waals surface area (Å²) in [7, 11) is -1.89.